The standard InChI is InChI=1S/C19H29N3O2/c1-15-13-16(2)22(20-15)11-6-10-21(3)14-17-8-9-19(24-17)18-7-4-5-12-23-18/h8-9,13,18H,4-7,10-12,14H2,1-3H3. The molecule has 3 heterocycles. The molecular formula is C19H29N3O2. The van der Waals surface area contributed by atoms with Crippen LogP contribution in [0.15, 0.2) is 22.6 Å². The average Bonchev–Trinajstić information content (AvgIpc) is 3.15. The van der Waals surface area contributed by atoms with Crippen LogP contribution in [0.4, 0.5) is 0 Å². The minimum absolute atomic E-state index is 0.156. The van der Waals surface area contributed by atoms with Crippen LogP contribution in [-0.4, -0.2) is 34.9 Å². The third-order valence-corrected chi connectivity index (χ3v) is 4.62. The van der Waals surface area contributed by atoms with Crippen molar-refractivity contribution in [2.45, 2.75) is 58.7 Å². The van der Waals surface area contributed by atoms with Crippen molar-refractivity contribution in [2.24, 2.45) is 0 Å². The molecule has 0 aliphatic carbocycles. The molecule has 1 aliphatic rings. The lowest BCUT2D eigenvalue weighted by atomic mass is 10.1. The summed E-state index contributed by atoms with van der Waals surface area (Å²) in [5.41, 5.74) is 2.33. The smallest absolute Gasteiger partial charge is 0.133 e. The van der Waals surface area contributed by atoms with Crippen LogP contribution in [-0.2, 0) is 17.8 Å². The highest BCUT2D eigenvalue weighted by molar-refractivity contribution is 5.10. The maximum Gasteiger partial charge on any atom is 0.133 e. The van der Waals surface area contributed by atoms with Crippen LogP contribution in [0.3, 0.4) is 0 Å². The highest BCUT2D eigenvalue weighted by atomic mass is 16.5. The van der Waals surface area contributed by atoms with Crippen molar-refractivity contribution in [1.82, 2.24) is 14.7 Å². The summed E-state index contributed by atoms with van der Waals surface area (Å²) in [5.74, 6) is 2.01. The molecule has 0 N–H and O–H groups in total. The second-order valence-electron chi connectivity index (χ2n) is 6.90. The average molecular weight is 331 g/mol. The molecule has 2 aromatic heterocycles. The van der Waals surface area contributed by atoms with Gasteiger partial charge in [0.2, 0.25) is 0 Å². The highest BCUT2D eigenvalue weighted by Crippen LogP contribution is 2.29. The summed E-state index contributed by atoms with van der Waals surface area (Å²) in [6.45, 7) is 7.83. The molecule has 5 nitrogen and oxygen atoms in total. The third-order valence-electron chi connectivity index (χ3n) is 4.62. The first-order chi connectivity index (χ1) is 11.6. The Kier molecular flexibility index (Phi) is 5.74. The lowest BCUT2D eigenvalue weighted by Crippen LogP contribution is -2.20. The fourth-order valence-corrected chi connectivity index (χ4v) is 3.35. The number of nitrogens with zero attached hydrogens (tertiary/aromatic N) is 3. The van der Waals surface area contributed by atoms with Gasteiger partial charge in [0, 0.05) is 25.4 Å². The summed E-state index contributed by atoms with van der Waals surface area (Å²) in [6.07, 6.45) is 4.71. The summed E-state index contributed by atoms with van der Waals surface area (Å²) in [6, 6.07) is 6.29. The first kappa shape index (κ1) is 17.2. The molecule has 0 amide bonds. The Balaban J connectivity index is 1.44. The van der Waals surface area contributed by atoms with Gasteiger partial charge in [0.25, 0.3) is 0 Å². The maximum atomic E-state index is 6.00. The Morgan fingerprint density at radius 3 is 2.88 bits per heavy atom. The molecule has 24 heavy (non-hydrogen) atoms. The second kappa shape index (κ2) is 7.99. The Morgan fingerprint density at radius 2 is 2.17 bits per heavy atom. The summed E-state index contributed by atoms with van der Waals surface area (Å²) in [5, 5.41) is 4.51. The zero-order valence-electron chi connectivity index (χ0n) is 15.1. The topological polar surface area (TPSA) is 43.4 Å². The Labute approximate surface area is 144 Å². The minimum Gasteiger partial charge on any atom is -0.462 e. The number of aryl methyl sites for hydroxylation is 3. The third kappa shape index (κ3) is 4.48. The first-order valence-corrected chi connectivity index (χ1v) is 9.01. The quantitative estimate of drug-likeness (QED) is 0.773. The van der Waals surface area contributed by atoms with E-state index in [1.807, 2.05) is 6.92 Å². The SMILES string of the molecule is Cc1cc(C)n(CCCN(C)Cc2ccc(C3CCCCO3)o2)n1. The van der Waals surface area contributed by atoms with E-state index >= 15 is 0 Å². The molecule has 0 bridgehead atoms. The number of furan rings is 1. The van der Waals surface area contributed by atoms with Gasteiger partial charge in [0.15, 0.2) is 0 Å². The van der Waals surface area contributed by atoms with Gasteiger partial charge in [-0.2, -0.15) is 5.10 Å². The van der Waals surface area contributed by atoms with Crippen LogP contribution >= 0.6 is 0 Å². The lowest BCUT2D eigenvalue weighted by molar-refractivity contribution is 0.000925. The van der Waals surface area contributed by atoms with Crippen molar-refractivity contribution in [3.8, 4) is 0 Å². The summed E-state index contributed by atoms with van der Waals surface area (Å²) < 4.78 is 13.9. The number of aromatic nitrogens is 2. The summed E-state index contributed by atoms with van der Waals surface area (Å²) in [4.78, 5) is 2.30. The lowest BCUT2D eigenvalue weighted by Gasteiger charge is -2.20. The van der Waals surface area contributed by atoms with E-state index in [0.717, 1.165) is 56.3 Å². The molecule has 3 rings (SSSR count). The Morgan fingerprint density at radius 1 is 1.29 bits per heavy atom. The van der Waals surface area contributed by atoms with Crippen molar-refractivity contribution >= 4 is 0 Å². The number of hydrogen-bond donors (Lipinski definition) is 0. The molecule has 0 spiro atoms. The van der Waals surface area contributed by atoms with Gasteiger partial charge in [0.1, 0.15) is 17.6 Å². The van der Waals surface area contributed by atoms with Gasteiger partial charge in [-0.3, -0.25) is 9.58 Å². The van der Waals surface area contributed by atoms with E-state index in [1.54, 1.807) is 0 Å². The van der Waals surface area contributed by atoms with Gasteiger partial charge in [-0.05, 0) is 64.8 Å². The van der Waals surface area contributed by atoms with E-state index in [-0.39, 0.29) is 6.10 Å². The van der Waals surface area contributed by atoms with Gasteiger partial charge in [0.05, 0.1) is 12.2 Å². The Bertz CT molecular complexity index is 641. The molecule has 2 aromatic rings. The predicted molar refractivity (Wildman–Crippen MR) is 93.9 cm³/mol. The molecule has 1 saturated heterocycles. The Hall–Kier alpha value is -1.59. The van der Waals surface area contributed by atoms with E-state index < -0.39 is 0 Å². The molecule has 1 atom stereocenters. The van der Waals surface area contributed by atoms with Gasteiger partial charge in [-0.1, -0.05) is 0 Å². The van der Waals surface area contributed by atoms with E-state index in [2.05, 4.69) is 46.9 Å². The molecule has 132 valence electrons. The molecular weight excluding hydrogens is 302 g/mol. The predicted octanol–water partition coefficient (Wildman–Crippen LogP) is 3.86. The largest absolute Gasteiger partial charge is 0.462 e. The van der Waals surface area contributed by atoms with E-state index in [4.69, 9.17) is 9.15 Å². The molecule has 1 fully saturated rings. The summed E-state index contributed by atoms with van der Waals surface area (Å²) >= 11 is 0. The van der Waals surface area contributed by atoms with Crippen molar-refractivity contribution in [2.75, 3.05) is 20.2 Å². The highest BCUT2D eigenvalue weighted by Gasteiger charge is 2.19. The van der Waals surface area contributed by atoms with Crippen molar-refractivity contribution in [1.29, 1.82) is 0 Å². The molecule has 0 radical (unpaired) electrons. The minimum atomic E-state index is 0.156. The van der Waals surface area contributed by atoms with Crippen LogP contribution in [0.1, 0.15) is 54.7 Å². The monoisotopic (exact) mass is 331 g/mol. The van der Waals surface area contributed by atoms with E-state index in [9.17, 15) is 0 Å². The number of rotatable bonds is 7. The van der Waals surface area contributed by atoms with Crippen molar-refractivity contribution < 1.29 is 9.15 Å². The number of hydrogen-bond acceptors (Lipinski definition) is 4. The normalized spacial score (nSPS) is 18.4. The maximum absolute atomic E-state index is 6.00. The van der Waals surface area contributed by atoms with Crippen LogP contribution in [0.5, 0.6) is 0 Å². The van der Waals surface area contributed by atoms with Gasteiger partial charge >= 0.3 is 0 Å². The molecule has 5 heteroatoms. The van der Waals surface area contributed by atoms with Gasteiger partial charge < -0.3 is 9.15 Å². The van der Waals surface area contributed by atoms with Gasteiger partial charge in [-0.15, -0.1) is 0 Å². The molecule has 0 aromatic carbocycles. The van der Waals surface area contributed by atoms with Crippen LogP contribution in [0.2, 0.25) is 0 Å². The first-order valence-electron chi connectivity index (χ1n) is 9.01. The fraction of sp³-hybridized carbons (Fsp3) is 0.632. The second-order valence-corrected chi connectivity index (χ2v) is 6.90. The van der Waals surface area contributed by atoms with E-state index in [1.165, 1.54) is 18.5 Å². The molecule has 1 aliphatic heterocycles. The summed E-state index contributed by atoms with van der Waals surface area (Å²) in [7, 11) is 2.14. The van der Waals surface area contributed by atoms with Gasteiger partial charge in [-0.25, -0.2) is 0 Å². The van der Waals surface area contributed by atoms with Crippen molar-refractivity contribution in [3.63, 3.8) is 0 Å². The fourth-order valence-electron chi connectivity index (χ4n) is 3.35. The molecule has 1 unspecified atom stereocenters. The van der Waals surface area contributed by atoms with Crippen LogP contribution in [0.25, 0.3) is 0 Å². The van der Waals surface area contributed by atoms with Crippen LogP contribution < -0.4 is 0 Å². The molecule has 0 saturated carbocycles. The van der Waals surface area contributed by atoms with E-state index in [0.29, 0.717) is 0 Å². The zero-order valence-corrected chi connectivity index (χ0v) is 15.1. The zero-order chi connectivity index (χ0) is 16.9. The number of ether oxygens (including phenoxy) is 1. The van der Waals surface area contributed by atoms with Crippen LogP contribution in [0, 0.1) is 13.8 Å². The van der Waals surface area contributed by atoms with Crippen molar-refractivity contribution in [3.05, 3.63) is 41.1 Å².